The molecule has 27 heavy (non-hydrogen) atoms. The Hall–Kier alpha value is -1.06. The van der Waals surface area contributed by atoms with Crippen LogP contribution in [0.1, 0.15) is 80.6 Å². The van der Waals surface area contributed by atoms with Gasteiger partial charge in [-0.2, -0.15) is 0 Å². The molecule has 1 saturated heterocycles. The molecule has 3 aliphatic carbocycles. The van der Waals surface area contributed by atoms with Crippen LogP contribution in [0.15, 0.2) is 0 Å². The summed E-state index contributed by atoms with van der Waals surface area (Å²) in [6.45, 7) is 15.9. The van der Waals surface area contributed by atoms with Crippen molar-refractivity contribution in [2.45, 2.75) is 86.7 Å². The second-order valence-corrected chi connectivity index (χ2v) is 11.9. The third-order valence-corrected chi connectivity index (χ3v) is 9.66. The van der Waals surface area contributed by atoms with Crippen molar-refractivity contribution in [2.24, 2.45) is 38.9 Å². The van der Waals surface area contributed by atoms with Gasteiger partial charge in [0, 0.05) is 0 Å². The molecule has 1 heterocycles. The maximum Gasteiger partial charge on any atom is 0.313 e. The molecule has 0 radical (unpaired) electrons. The van der Waals surface area contributed by atoms with Gasteiger partial charge in [-0.15, -0.1) is 0 Å². The molecule has 6 unspecified atom stereocenters. The molecular formula is C23H36O4. The zero-order valence-corrected chi connectivity index (χ0v) is 18.1. The van der Waals surface area contributed by atoms with E-state index in [0.29, 0.717) is 18.4 Å². The van der Waals surface area contributed by atoms with Crippen molar-refractivity contribution < 1.29 is 19.1 Å². The first-order valence-electron chi connectivity index (χ1n) is 10.7. The zero-order chi connectivity index (χ0) is 20.0. The van der Waals surface area contributed by atoms with Gasteiger partial charge in [0.2, 0.25) is 0 Å². The number of carbonyl (C=O) groups excluding carboxylic acids is 2. The van der Waals surface area contributed by atoms with Crippen LogP contribution >= 0.6 is 0 Å². The highest BCUT2D eigenvalue weighted by atomic mass is 16.6. The van der Waals surface area contributed by atoms with Crippen LogP contribution < -0.4 is 0 Å². The lowest BCUT2D eigenvalue weighted by atomic mass is 9.57. The summed E-state index contributed by atoms with van der Waals surface area (Å²) in [6.07, 6.45) is 4.53. The Morgan fingerprint density at radius 3 is 2.19 bits per heavy atom. The zero-order valence-electron chi connectivity index (χ0n) is 18.1. The Balaban J connectivity index is 1.52. The Labute approximate surface area is 163 Å². The second kappa shape index (κ2) is 5.30. The standard InChI is InChI=1S/C23H36O4/c1-19(2,3)22(7,21(6)13-20(21,4)5)17(24)27-16-11-15-10-14(16)12-23(15)8-9-26-18(23)25/h14-16H,8-13H2,1-7H3. The van der Waals surface area contributed by atoms with Gasteiger partial charge in [-0.05, 0) is 67.1 Å². The van der Waals surface area contributed by atoms with Gasteiger partial charge in [-0.1, -0.05) is 41.5 Å². The molecule has 4 rings (SSSR count). The minimum atomic E-state index is -0.532. The topological polar surface area (TPSA) is 52.6 Å². The summed E-state index contributed by atoms with van der Waals surface area (Å²) >= 11 is 0. The molecule has 2 bridgehead atoms. The molecule has 4 heteroatoms. The lowest BCUT2D eigenvalue weighted by Gasteiger charge is -2.47. The summed E-state index contributed by atoms with van der Waals surface area (Å²) in [5, 5.41) is 0. The summed E-state index contributed by atoms with van der Waals surface area (Å²) in [5.74, 6) is 0.591. The predicted molar refractivity (Wildman–Crippen MR) is 103 cm³/mol. The monoisotopic (exact) mass is 376 g/mol. The van der Waals surface area contributed by atoms with E-state index < -0.39 is 5.41 Å². The maximum absolute atomic E-state index is 13.6. The van der Waals surface area contributed by atoms with Gasteiger partial charge in [0.1, 0.15) is 6.10 Å². The van der Waals surface area contributed by atoms with Crippen LogP contribution in [0.5, 0.6) is 0 Å². The van der Waals surface area contributed by atoms with Gasteiger partial charge in [0.15, 0.2) is 0 Å². The second-order valence-electron chi connectivity index (χ2n) is 11.9. The van der Waals surface area contributed by atoms with Gasteiger partial charge in [-0.25, -0.2) is 0 Å². The number of cyclic esters (lactones) is 1. The third-order valence-electron chi connectivity index (χ3n) is 9.66. The third kappa shape index (κ3) is 2.28. The van der Waals surface area contributed by atoms with E-state index >= 15 is 0 Å². The van der Waals surface area contributed by atoms with E-state index in [1.54, 1.807) is 0 Å². The largest absolute Gasteiger partial charge is 0.465 e. The van der Waals surface area contributed by atoms with E-state index in [1.165, 1.54) is 0 Å². The molecule has 1 aliphatic heterocycles. The molecule has 6 atom stereocenters. The van der Waals surface area contributed by atoms with Crippen LogP contribution in [-0.2, 0) is 19.1 Å². The molecule has 4 aliphatic rings. The maximum atomic E-state index is 13.6. The number of esters is 2. The van der Waals surface area contributed by atoms with Crippen LogP contribution in [0, 0.1) is 38.9 Å². The highest BCUT2D eigenvalue weighted by Gasteiger charge is 2.73. The average Bonchev–Trinajstić information content (AvgIpc) is 2.98. The van der Waals surface area contributed by atoms with Gasteiger partial charge >= 0.3 is 11.9 Å². The summed E-state index contributed by atoms with van der Waals surface area (Å²) in [5.41, 5.74) is -0.884. The van der Waals surface area contributed by atoms with Crippen LogP contribution in [-0.4, -0.2) is 24.6 Å². The lowest BCUT2D eigenvalue weighted by molar-refractivity contribution is -0.180. The van der Waals surface area contributed by atoms with Crippen molar-refractivity contribution in [1.82, 2.24) is 0 Å². The van der Waals surface area contributed by atoms with Crippen molar-refractivity contribution in [3.63, 3.8) is 0 Å². The van der Waals surface area contributed by atoms with Gasteiger partial charge in [-0.3, -0.25) is 9.59 Å². The van der Waals surface area contributed by atoms with Gasteiger partial charge < -0.3 is 9.47 Å². The molecule has 152 valence electrons. The van der Waals surface area contributed by atoms with Crippen molar-refractivity contribution in [3.05, 3.63) is 0 Å². The summed E-state index contributed by atoms with van der Waals surface area (Å²) < 4.78 is 11.5. The lowest BCUT2D eigenvalue weighted by Crippen LogP contribution is -2.51. The Kier molecular flexibility index (Phi) is 3.78. The van der Waals surface area contributed by atoms with Crippen molar-refractivity contribution in [1.29, 1.82) is 0 Å². The van der Waals surface area contributed by atoms with Gasteiger partial charge in [0.05, 0.1) is 17.4 Å². The number of carbonyl (C=O) groups is 2. The number of hydrogen-bond donors (Lipinski definition) is 0. The minimum Gasteiger partial charge on any atom is -0.465 e. The molecule has 3 saturated carbocycles. The molecule has 0 N–H and O–H groups in total. The van der Waals surface area contributed by atoms with Crippen molar-refractivity contribution >= 4 is 11.9 Å². The van der Waals surface area contributed by atoms with Crippen molar-refractivity contribution in [3.8, 4) is 0 Å². The van der Waals surface area contributed by atoms with E-state index in [1.807, 2.05) is 0 Å². The number of hydrogen-bond acceptors (Lipinski definition) is 4. The molecule has 0 aromatic carbocycles. The quantitative estimate of drug-likeness (QED) is 0.667. The van der Waals surface area contributed by atoms with Crippen LogP contribution in [0.3, 0.4) is 0 Å². The van der Waals surface area contributed by atoms with E-state index in [-0.39, 0.29) is 39.7 Å². The fourth-order valence-electron chi connectivity index (χ4n) is 6.97. The van der Waals surface area contributed by atoms with E-state index in [0.717, 1.165) is 32.1 Å². The molecule has 1 spiro atoms. The Bertz CT molecular complexity index is 689. The molecule has 4 nitrogen and oxygen atoms in total. The Morgan fingerprint density at radius 1 is 1.15 bits per heavy atom. The van der Waals surface area contributed by atoms with Crippen molar-refractivity contribution in [2.75, 3.05) is 6.61 Å². The SMILES string of the molecule is CC(C)(C)C(C)(C(=O)OC1CC2CC1CC21CCOC1=O)C1(C)CC1(C)C. The van der Waals surface area contributed by atoms with E-state index in [4.69, 9.17) is 9.47 Å². The highest BCUT2D eigenvalue weighted by molar-refractivity contribution is 5.81. The van der Waals surface area contributed by atoms with E-state index in [9.17, 15) is 9.59 Å². The highest BCUT2D eigenvalue weighted by Crippen LogP contribution is 2.75. The summed E-state index contributed by atoms with van der Waals surface area (Å²) in [6, 6.07) is 0. The van der Waals surface area contributed by atoms with Crippen LogP contribution in [0.25, 0.3) is 0 Å². The first-order chi connectivity index (χ1) is 12.3. The first-order valence-corrected chi connectivity index (χ1v) is 10.7. The summed E-state index contributed by atoms with van der Waals surface area (Å²) in [4.78, 5) is 25.9. The summed E-state index contributed by atoms with van der Waals surface area (Å²) in [7, 11) is 0. The minimum absolute atomic E-state index is 0.00783. The van der Waals surface area contributed by atoms with Crippen LogP contribution in [0.4, 0.5) is 0 Å². The molecule has 0 aromatic heterocycles. The first kappa shape index (κ1) is 19.3. The Morgan fingerprint density at radius 2 is 1.78 bits per heavy atom. The molecule has 4 fully saturated rings. The smallest absolute Gasteiger partial charge is 0.313 e. The number of rotatable bonds is 3. The molecule has 0 aromatic rings. The number of fused-ring (bicyclic) bond motifs is 3. The molecular weight excluding hydrogens is 340 g/mol. The normalized spacial score (nSPS) is 44.3. The fraction of sp³-hybridized carbons (Fsp3) is 0.913. The van der Waals surface area contributed by atoms with Gasteiger partial charge in [0.25, 0.3) is 0 Å². The van der Waals surface area contributed by atoms with E-state index in [2.05, 4.69) is 48.5 Å². The van der Waals surface area contributed by atoms with Crippen LogP contribution in [0.2, 0.25) is 0 Å². The predicted octanol–water partition coefficient (Wildman–Crippen LogP) is 4.75. The molecule has 0 amide bonds. The fourth-order valence-corrected chi connectivity index (χ4v) is 6.97. The average molecular weight is 377 g/mol. The number of ether oxygens (including phenoxy) is 2.